The van der Waals surface area contributed by atoms with Crippen molar-refractivity contribution < 1.29 is 4.79 Å². The van der Waals surface area contributed by atoms with E-state index in [1.54, 1.807) is 4.57 Å². The van der Waals surface area contributed by atoms with Crippen molar-refractivity contribution in [1.29, 1.82) is 0 Å². The molecule has 0 aliphatic rings. The minimum atomic E-state index is -0.141. The highest BCUT2D eigenvalue weighted by Crippen LogP contribution is 2.23. The maximum absolute atomic E-state index is 12.9. The number of carbonyl (C=O) groups excluding carboxylic acids is 1. The lowest BCUT2D eigenvalue weighted by atomic mass is 10.2. The molecular weight excluding hydrogens is 428 g/mol. The monoisotopic (exact) mass is 448 g/mol. The van der Waals surface area contributed by atoms with Crippen molar-refractivity contribution in [2.75, 3.05) is 11.1 Å². The fraction of sp³-hybridized carbons (Fsp3) is 0.316. The van der Waals surface area contributed by atoms with E-state index in [0.717, 1.165) is 22.3 Å². The van der Waals surface area contributed by atoms with Crippen LogP contribution in [0.25, 0.3) is 11.0 Å². The molecule has 0 fully saturated rings. The number of H-pyrrole nitrogens is 1. The summed E-state index contributed by atoms with van der Waals surface area (Å²) in [5, 5.41) is 3.42. The van der Waals surface area contributed by atoms with Gasteiger partial charge in [-0.1, -0.05) is 34.6 Å². The molecule has 0 unspecified atom stereocenters. The normalized spacial score (nSPS) is 12.3. The van der Waals surface area contributed by atoms with Crippen LogP contribution >= 0.6 is 27.7 Å². The minimum Gasteiger partial charge on any atom is -0.353 e. The summed E-state index contributed by atoms with van der Waals surface area (Å²) in [6.45, 7) is 5.90. The number of fused-ring (bicyclic) bond motifs is 1. The molecule has 1 amide bonds. The first-order chi connectivity index (χ1) is 12.9. The lowest BCUT2D eigenvalue weighted by Crippen LogP contribution is -2.26. The van der Waals surface area contributed by atoms with E-state index in [0.29, 0.717) is 16.2 Å². The van der Waals surface area contributed by atoms with Crippen LogP contribution < -0.4 is 10.9 Å². The third-order valence-electron chi connectivity index (χ3n) is 4.28. The molecule has 0 aliphatic carbocycles. The van der Waals surface area contributed by atoms with Gasteiger partial charge in [-0.05, 0) is 50.6 Å². The third kappa shape index (κ3) is 4.44. The number of hydrogen-bond acceptors (Lipinski definition) is 4. The molecule has 0 aliphatic heterocycles. The highest BCUT2D eigenvalue weighted by atomic mass is 79.9. The van der Waals surface area contributed by atoms with E-state index < -0.39 is 0 Å². The Morgan fingerprint density at radius 1 is 1.37 bits per heavy atom. The van der Waals surface area contributed by atoms with Crippen molar-refractivity contribution in [2.24, 2.45) is 0 Å². The molecule has 3 rings (SSSR count). The molecule has 0 spiro atoms. The van der Waals surface area contributed by atoms with Crippen LogP contribution in [0.4, 0.5) is 5.69 Å². The van der Waals surface area contributed by atoms with Crippen LogP contribution in [-0.4, -0.2) is 26.2 Å². The molecule has 2 aromatic heterocycles. The maximum atomic E-state index is 12.9. The van der Waals surface area contributed by atoms with Gasteiger partial charge in [0.05, 0.1) is 11.3 Å². The van der Waals surface area contributed by atoms with Crippen LogP contribution in [0.5, 0.6) is 0 Å². The SMILES string of the molecule is CC[C@@H](C)n1c(SCC(=O)Nc2ccc(Br)cc2)nc2cc(C)[nH]c2c1=O. The second-order valence-electron chi connectivity index (χ2n) is 6.38. The average Bonchev–Trinajstić information content (AvgIpc) is 3.02. The van der Waals surface area contributed by atoms with Crippen LogP contribution in [0.2, 0.25) is 0 Å². The number of rotatable bonds is 6. The fourth-order valence-corrected chi connectivity index (χ4v) is 3.88. The summed E-state index contributed by atoms with van der Waals surface area (Å²) in [4.78, 5) is 32.9. The summed E-state index contributed by atoms with van der Waals surface area (Å²) < 4.78 is 2.63. The average molecular weight is 449 g/mol. The molecule has 27 heavy (non-hydrogen) atoms. The molecule has 2 heterocycles. The number of aryl methyl sites for hydroxylation is 1. The van der Waals surface area contributed by atoms with Crippen LogP contribution in [0.1, 0.15) is 32.0 Å². The number of anilines is 1. The van der Waals surface area contributed by atoms with Gasteiger partial charge in [-0.3, -0.25) is 14.2 Å². The number of carbonyl (C=O) groups is 1. The smallest absolute Gasteiger partial charge is 0.278 e. The quantitative estimate of drug-likeness (QED) is 0.429. The lowest BCUT2D eigenvalue weighted by Gasteiger charge is -2.17. The Morgan fingerprint density at radius 2 is 2.07 bits per heavy atom. The Labute approximate surface area is 169 Å². The second kappa shape index (κ2) is 8.31. The van der Waals surface area contributed by atoms with Gasteiger partial charge in [-0.15, -0.1) is 0 Å². The molecule has 3 aromatic rings. The van der Waals surface area contributed by atoms with E-state index in [1.165, 1.54) is 11.8 Å². The fourth-order valence-electron chi connectivity index (χ4n) is 2.72. The highest BCUT2D eigenvalue weighted by molar-refractivity contribution is 9.10. The van der Waals surface area contributed by atoms with E-state index in [9.17, 15) is 9.59 Å². The Balaban J connectivity index is 1.83. The molecule has 1 aromatic carbocycles. The standard InChI is InChI=1S/C19H21BrN4O2S/c1-4-12(3)24-18(26)17-15(9-11(2)21-17)23-19(24)27-10-16(25)22-14-7-5-13(20)6-8-14/h5-9,12,21H,4,10H2,1-3H3,(H,22,25)/t12-/m1/s1. The number of nitrogens with one attached hydrogen (secondary N) is 2. The van der Waals surface area contributed by atoms with Gasteiger partial charge in [0.2, 0.25) is 5.91 Å². The van der Waals surface area contributed by atoms with Crippen molar-refractivity contribution in [3.8, 4) is 0 Å². The summed E-state index contributed by atoms with van der Waals surface area (Å²) in [7, 11) is 0. The highest BCUT2D eigenvalue weighted by Gasteiger charge is 2.18. The number of aromatic nitrogens is 3. The van der Waals surface area contributed by atoms with Crippen molar-refractivity contribution in [2.45, 2.75) is 38.4 Å². The molecule has 1 atom stereocenters. The molecule has 6 nitrogen and oxygen atoms in total. The predicted octanol–water partition coefficient (Wildman–Crippen LogP) is 4.50. The van der Waals surface area contributed by atoms with Crippen molar-refractivity contribution in [3.63, 3.8) is 0 Å². The first kappa shape index (κ1) is 19.7. The predicted molar refractivity (Wildman–Crippen MR) is 114 cm³/mol. The third-order valence-corrected chi connectivity index (χ3v) is 5.76. The number of benzene rings is 1. The minimum absolute atomic E-state index is 0.00459. The van der Waals surface area contributed by atoms with E-state index in [4.69, 9.17) is 0 Å². The van der Waals surface area contributed by atoms with E-state index in [-0.39, 0.29) is 23.3 Å². The molecule has 8 heteroatoms. The number of aromatic amines is 1. The zero-order chi connectivity index (χ0) is 19.6. The topological polar surface area (TPSA) is 79.8 Å². The molecule has 0 saturated carbocycles. The van der Waals surface area contributed by atoms with Crippen LogP contribution in [0.15, 0.2) is 44.8 Å². The van der Waals surface area contributed by atoms with Gasteiger partial charge in [0.15, 0.2) is 5.16 Å². The molecule has 142 valence electrons. The summed E-state index contributed by atoms with van der Waals surface area (Å²) in [6.07, 6.45) is 0.797. The van der Waals surface area contributed by atoms with E-state index >= 15 is 0 Å². The zero-order valence-electron chi connectivity index (χ0n) is 15.4. The van der Waals surface area contributed by atoms with Gasteiger partial charge in [0.1, 0.15) is 5.52 Å². The first-order valence-corrected chi connectivity index (χ1v) is 10.5. The lowest BCUT2D eigenvalue weighted by molar-refractivity contribution is -0.113. The number of amides is 1. The zero-order valence-corrected chi connectivity index (χ0v) is 17.8. The van der Waals surface area contributed by atoms with Crippen molar-refractivity contribution in [3.05, 3.63) is 50.9 Å². The van der Waals surface area contributed by atoms with Crippen LogP contribution in [0.3, 0.4) is 0 Å². The number of thioether (sulfide) groups is 1. The Kier molecular flexibility index (Phi) is 6.06. The molecule has 2 N–H and O–H groups in total. The van der Waals surface area contributed by atoms with Gasteiger partial charge < -0.3 is 10.3 Å². The summed E-state index contributed by atoms with van der Waals surface area (Å²) in [5.74, 6) is 0.0334. The second-order valence-corrected chi connectivity index (χ2v) is 8.24. The molecule has 0 bridgehead atoms. The number of hydrogen-bond donors (Lipinski definition) is 2. The first-order valence-electron chi connectivity index (χ1n) is 8.69. The number of nitrogens with zero attached hydrogens (tertiary/aromatic N) is 2. The summed E-state index contributed by atoms with van der Waals surface area (Å²) in [6, 6.07) is 9.24. The Hall–Kier alpha value is -2.06. The van der Waals surface area contributed by atoms with E-state index in [2.05, 4.69) is 31.2 Å². The van der Waals surface area contributed by atoms with Gasteiger partial charge in [-0.2, -0.15) is 0 Å². The molecule has 0 radical (unpaired) electrons. The van der Waals surface area contributed by atoms with Crippen LogP contribution in [0, 0.1) is 6.92 Å². The Morgan fingerprint density at radius 3 is 2.74 bits per heavy atom. The van der Waals surface area contributed by atoms with Gasteiger partial charge >= 0.3 is 0 Å². The van der Waals surface area contributed by atoms with E-state index in [1.807, 2.05) is 51.1 Å². The van der Waals surface area contributed by atoms with Gasteiger partial charge in [0.25, 0.3) is 5.56 Å². The van der Waals surface area contributed by atoms with Crippen molar-refractivity contribution in [1.82, 2.24) is 14.5 Å². The number of halogens is 1. The van der Waals surface area contributed by atoms with Gasteiger partial charge in [0, 0.05) is 21.9 Å². The molecule has 0 saturated heterocycles. The maximum Gasteiger partial charge on any atom is 0.278 e. The van der Waals surface area contributed by atoms with Crippen LogP contribution in [-0.2, 0) is 4.79 Å². The molecular formula is C19H21BrN4O2S. The Bertz CT molecular complexity index is 1030. The van der Waals surface area contributed by atoms with Gasteiger partial charge in [-0.25, -0.2) is 4.98 Å². The summed E-state index contributed by atoms with van der Waals surface area (Å²) >= 11 is 4.65. The van der Waals surface area contributed by atoms with Crippen molar-refractivity contribution >= 4 is 50.3 Å². The summed E-state index contributed by atoms with van der Waals surface area (Å²) in [5.41, 5.74) is 2.66. The largest absolute Gasteiger partial charge is 0.353 e.